The van der Waals surface area contributed by atoms with Crippen molar-refractivity contribution in [3.05, 3.63) is 177 Å². The fourth-order valence-corrected chi connectivity index (χ4v) is 5.81. The molecule has 0 aromatic heterocycles. The molecule has 0 saturated carbocycles. The lowest BCUT2D eigenvalue weighted by atomic mass is 9.71. The van der Waals surface area contributed by atoms with Crippen molar-refractivity contribution in [2.45, 2.75) is 12.3 Å². The van der Waals surface area contributed by atoms with Crippen LogP contribution in [-0.2, 0) is 5.41 Å². The van der Waals surface area contributed by atoms with E-state index in [0.717, 1.165) is 16.7 Å². The summed E-state index contributed by atoms with van der Waals surface area (Å²) < 4.78 is 18.1. The lowest BCUT2D eigenvalue weighted by molar-refractivity contribution is 0.481. The zero-order valence-electron chi connectivity index (χ0n) is 28.0. The van der Waals surface area contributed by atoms with Crippen LogP contribution in [-0.4, -0.2) is 0 Å². The SMILES string of the molecule is CC(c1ccc(Oc2ccc(C#N)c(C#N)c2)cc1)(c1ccc(Oc2ccc(C#N)c(C#N)c2)cc1)c1ccc(Oc2ccc(C#N)c(C#N)c2)cc1. The van der Waals surface area contributed by atoms with E-state index >= 15 is 0 Å². The maximum absolute atomic E-state index is 9.43. The summed E-state index contributed by atoms with van der Waals surface area (Å²) in [7, 11) is 0. The Morgan fingerprint density at radius 1 is 0.321 bits per heavy atom. The molecule has 0 spiro atoms. The van der Waals surface area contributed by atoms with E-state index < -0.39 is 5.41 Å². The Balaban J connectivity index is 1.33. The molecule has 53 heavy (non-hydrogen) atoms. The van der Waals surface area contributed by atoms with Crippen LogP contribution in [0.2, 0.25) is 0 Å². The van der Waals surface area contributed by atoms with Gasteiger partial charge in [-0.25, -0.2) is 0 Å². The molecule has 0 bridgehead atoms. The highest BCUT2D eigenvalue weighted by Crippen LogP contribution is 2.41. The van der Waals surface area contributed by atoms with Crippen LogP contribution >= 0.6 is 0 Å². The lowest BCUT2D eigenvalue weighted by Gasteiger charge is -2.32. The van der Waals surface area contributed by atoms with E-state index in [1.165, 1.54) is 18.2 Å². The summed E-state index contributed by atoms with van der Waals surface area (Å²) in [6, 6.07) is 49.0. The van der Waals surface area contributed by atoms with Gasteiger partial charge in [-0.15, -0.1) is 0 Å². The average Bonchev–Trinajstić information content (AvgIpc) is 3.21. The molecular weight excluding hydrogens is 661 g/mol. The van der Waals surface area contributed by atoms with Crippen LogP contribution in [0.5, 0.6) is 34.5 Å². The fraction of sp³-hybridized carbons (Fsp3) is 0.0455. The van der Waals surface area contributed by atoms with Crippen molar-refractivity contribution in [1.29, 1.82) is 31.6 Å². The van der Waals surface area contributed by atoms with Crippen LogP contribution in [0, 0.1) is 68.0 Å². The molecule has 0 radical (unpaired) electrons. The van der Waals surface area contributed by atoms with Crippen molar-refractivity contribution in [2.75, 3.05) is 0 Å². The molecule has 6 aromatic rings. The molecule has 9 heteroatoms. The molecule has 0 heterocycles. The molecule has 0 atom stereocenters. The Kier molecular flexibility index (Phi) is 9.80. The zero-order valence-corrected chi connectivity index (χ0v) is 28.0. The Labute approximate surface area is 305 Å². The molecule has 0 aliphatic heterocycles. The maximum Gasteiger partial charge on any atom is 0.128 e. The minimum atomic E-state index is -0.706. The summed E-state index contributed by atoms with van der Waals surface area (Å²) in [4.78, 5) is 0. The molecule has 0 aliphatic rings. The normalized spacial score (nSPS) is 10.2. The highest BCUT2D eigenvalue weighted by atomic mass is 16.5. The fourth-order valence-electron chi connectivity index (χ4n) is 5.81. The van der Waals surface area contributed by atoms with Gasteiger partial charge in [0.15, 0.2) is 0 Å². The number of benzene rings is 6. The van der Waals surface area contributed by atoms with Gasteiger partial charge in [-0.1, -0.05) is 36.4 Å². The maximum atomic E-state index is 9.43. The second-order valence-corrected chi connectivity index (χ2v) is 11.8. The molecule has 6 aromatic carbocycles. The van der Waals surface area contributed by atoms with Gasteiger partial charge < -0.3 is 14.2 Å². The Bertz CT molecular complexity index is 2320. The Morgan fingerprint density at radius 3 is 0.774 bits per heavy atom. The quantitative estimate of drug-likeness (QED) is 0.134. The second kappa shape index (κ2) is 15.0. The number of rotatable bonds is 9. The van der Waals surface area contributed by atoms with Gasteiger partial charge in [-0.2, -0.15) is 31.6 Å². The molecule has 0 fully saturated rings. The minimum absolute atomic E-state index is 0.225. The van der Waals surface area contributed by atoms with Gasteiger partial charge >= 0.3 is 0 Å². The first-order valence-electron chi connectivity index (χ1n) is 16.0. The van der Waals surface area contributed by atoms with Crippen molar-refractivity contribution in [2.24, 2.45) is 0 Å². The second-order valence-electron chi connectivity index (χ2n) is 11.8. The third-order valence-electron chi connectivity index (χ3n) is 8.70. The van der Waals surface area contributed by atoms with Crippen LogP contribution in [0.15, 0.2) is 127 Å². The predicted octanol–water partition coefficient (Wildman–Crippen LogP) is 9.65. The third kappa shape index (κ3) is 7.19. The molecule has 6 rings (SSSR count). The molecule has 0 aliphatic carbocycles. The van der Waals surface area contributed by atoms with E-state index in [9.17, 15) is 31.6 Å². The third-order valence-corrected chi connectivity index (χ3v) is 8.70. The van der Waals surface area contributed by atoms with Crippen molar-refractivity contribution >= 4 is 0 Å². The van der Waals surface area contributed by atoms with E-state index in [2.05, 4.69) is 6.92 Å². The first-order valence-corrected chi connectivity index (χ1v) is 16.0. The predicted molar refractivity (Wildman–Crippen MR) is 193 cm³/mol. The highest BCUT2D eigenvalue weighted by Gasteiger charge is 2.31. The largest absolute Gasteiger partial charge is 0.457 e. The summed E-state index contributed by atoms with van der Waals surface area (Å²) in [6.07, 6.45) is 0. The number of nitriles is 6. The van der Waals surface area contributed by atoms with Gasteiger partial charge in [0.2, 0.25) is 0 Å². The average molecular weight is 685 g/mol. The Morgan fingerprint density at radius 2 is 0.547 bits per heavy atom. The van der Waals surface area contributed by atoms with Gasteiger partial charge in [0.25, 0.3) is 0 Å². The monoisotopic (exact) mass is 684 g/mol. The molecule has 0 N–H and O–H groups in total. The van der Waals surface area contributed by atoms with Crippen molar-refractivity contribution in [1.82, 2.24) is 0 Å². The standard InChI is InChI=1S/C44H24N6O3/c1-44(35-5-14-38(15-6-35)51-41-11-2-29(23-45)32(20-41)26-48,36-7-16-39(17-8-36)52-42-12-3-30(24-46)33(21-42)27-49)37-9-18-40(19-10-37)53-43-13-4-31(25-47)34(22-43)28-50/h2-22H,1H3. The summed E-state index contributed by atoms with van der Waals surface area (Å²) in [5.41, 5.74) is 3.58. The summed E-state index contributed by atoms with van der Waals surface area (Å²) in [5.74, 6) is 2.89. The summed E-state index contributed by atoms with van der Waals surface area (Å²) in [5, 5.41) is 56.1. The van der Waals surface area contributed by atoms with Crippen LogP contribution in [0.25, 0.3) is 0 Å². The van der Waals surface area contributed by atoms with Gasteiger partial charge in [0.05, 0.1) is 33.4 Å². The van der Waals surface area contributed by atoms with E-state index in [1.807, 2.05) is 109 Å². The van der Waals surface area contributed by atoms with Gasteiger partial charge in [0.1, 0.15) is 70.9 Å². The van der Waals surface area contributed by atoms with Crippen LogP contribution in [0.3, 0.4) is 0 Å². The summed E-state index contributed by atoms with van der Waals surface area (Å²) in [6.45, 7) is 2.09. The first-order chi connectivity index (χ1) is 25.8. The van der Waals surface area contributed by atoms with E-state index in [0.29, 0.717) is 34.5 Å². The molecule has 0 unspecified atom stereocenters. The molecule has 0 saturated heterocycles. The topological polar surface area (TPSA) is 170 Å². The number of ether oxygens (including phenoxy) is 3. The van der Waals surface area contributed by atoms with Crippen LogP contribution < -0.4 is 14.2 Å². The smallest absolute Gasteiger partial charge is 0.128 e. The molecule has 0 amide bonds. The van der Waals surface area contributed by atoms with Gasteiger partial charge in [-0.05, 0) is 115 Å². The van der Waals surface area contributed by atoms with Crippen LogP contribution in [0.4, 0.5) is 0 Å². The molecule has 9 nitrogen and oxygen atoms in total. The Hall–Kier alpha value is -8.34. The van der Waals surface area contributed by atoms with E-state index in [1.54, 1.807) is 36.4 Å². The molecule has 248 valence electrons. The highest BCUT2D eigenvalue weighted by molar-refractivity contribution is 5.55. The first kappa shape index (κ1) is 34.5. The van der Waals surface area contributed by atoms with Gasteiger partial charge in [-0.3, -0.25) is 0 Å². The van der Waals surface area contributed by atoms with Gasteiger partial charge in [0, 0.05) is 5.41 Å². The van der Waals surface area contributed by atoms with E-state index in [4.69, 9.17) is 14.2 Å². The van der Waals surface area contributed by atoms with E-state index in [-0.39, 0.29) is 33.4 Å². The van der Waals surface area contributed by atoms with Crippen molar-refractivity contribution < 1.29 is 14.2 Å². The van der Waals surface area contributed by atoms with Crippen LogP contribution in [0.1, 0.15) is 57.0 Å². The molecular formula is C44H24N6O3. The lowest BCUT2D eigenvalue weighted by Crippen LogP contribution is -2.25. The van der Waals surface area contributed by atoms with Crippen molar-refractivity contribution in [3.63, 3.8) is 0 Å². The number of hydrogen-bond acceptors (Lipinski definition) is 9. The minimum Gasteiger partial charge on any atom is -0.457 e. The zero-order chi connectivity index (χ0) is 37.4. The number of hydrogen-bond donors (Lipinski definition) is 0. The number of nitrogens with zero attached hydrogens (tertiary/aromatic N) is 6. The summed E-state index contributed by atoms with van der Waals surface area (Å²) >= 11 is 0. The van der Waals surface area contributed by atoms with Crippen molar-refractivity contribution in [3.8, 4) is 70.9 Å².